The van der Waals surface area contributed by atoms with E-state index in [1.807, 2.05) is 0 Å². The predicted molar refractivity (Wildman–Crippen MR) is 96.8 cm³/mol. The van der Waals surface area contributed by atoms with Gasteiger partial charge in [-0.3, -0.25) is 9.52 Å². The van der Waals surface area contributed by atoms with Crippen molar-refractivity contribution >= 4 is 38.9 Å². The van der Waals surface area contributed by atoms with Gasteiger partial charge in [0.05, 0.1) is 28.4 Å². The Morgan fingerprint density at radius 1 is 1.23 bits per heavy atom. The van der Waals surface area contributed by atoms with Crippen LogP contribution < -0.4 is 14.4 Å². The minimum atomic E-state index is -3.97. The standard InChI is InChI=1S/C17H16ClFN2O4S/c1-25-16-7-4-11(9-15(16)21-8-2-3-17(21)22)20-26(23,24)12-5-6-14(19)13(18)10-12/h4-7,9-10,20H,2-3,8H2,1H3. The molecule has 0 radical (unpaired) electrons. The van der Waals surface area contributed by atoms with Gasteiger partial charge in [-0.1, -0.05) is 11.6 Å². The highest BCUT2D eigenvalue weighted by molar-refractivity contribution is 7.92. The van der Waals surface area contributed by atoms with Crippen molar-refractivity contribution in [1.82, 2.24) is 0 Å². The number of benzene rings is 2. The zero-order chi connectivity index (χ0) is 18.9. The molecule has 0 aromatic heterocycles. The minimum absolute atomic E-state index is 0.0476. The van der Waals surface area contributed by atoms with Crippen LogP contribution in [0.4, 0.5) is 15.8 Å². The lowest BCUT2D eigenvalue weighted by molar-refractivity contribution is -0.117. The molecular formula is C17H16ClFN2O4S. The summed E-state index contributed by atoms with van der Waals surface area (Å²) in [7, 11) is -2.50. The monoisotopic (exact) mass is 398 g/mol. The fourth-order valence-corrected chi connectivity index (χ4v) is 4.05. The molecule has 138 valence electrons. The van der Waals surface area contributed by atoms with Crippen LogP contribution in [0.3, 0.4) is 0 Å². The van der Waals surface area contributed by atoms with E-state index in [2.05, 4.69) is 4.72 Å². The van der Waals surface area contributed by atoms with Crippen LogP contribution in [0.25, 0.3) is 0 Å². The number of sulfonamides is 1. The van der Waals surface area contributed by atoms with E-state index in [9.17, 15) is 17.6 Å². The van der Waals surface area contributed by atoms with E-state index < -0.39 is 15.8 Å². The maximum Gasteiger partial charge on any atom is 0.261 e. The van der Waals surface area contributed by atoms with Gasteiger partial charge < -0.3 is 9.64 Å². The van der Waals surface area contributed by atoms with Crippen molar-refractivity contribution in [3.63, 3.8) is 0 Å². The van der Waals surface area contributed by atoms with Gasteiger partial charge in [-0.25, -0.2) is 12.8 Å². The molecule has 26 heavy (non-hydrogen) atoms. The minimum Gasteiger partial charge on any atom is -0.495 e. The van der Waals surface area contributed by atoms with Crippen LogP contribution in [0.5, 0.6) is 5.75 Å². The molecule has 1 fully saturated rings. The molecule has 1 saturated heterocycles. The van der Waals surface area contributed by atoms with Gasteiger partial charge in [0.2, 0.25) is 5.91 Å². The van der Waals surface area contributed by atoms with Gasteiger partial charge in [0.25, 0.3) is 10.0 Å². The number of amides is 1. The molecule has 0 atom stereocenters. The van der Waals surface area contributed by atoms with Gasteiger partial charge in [-0.15, -0.1) is 0 Å². The first kappa shape index (κ1) is 18.5. The Kier molecular flexibility index (Phi) is 5.06. The second-order valence-corrected chi connectivity index (χ2v) is 7.81. The van der Waals surface area contributed by atoms with E-state index in [-0.39, 0.29) is 21.5 Å². The van der Waals surface area contributed by atoms with E-state index in [0.29, 0.717) is 24.4 Å². The van der Waals surface area contributed by atoms with Crippen molar-refractivity contribution in [1.29, 1.82) is 0 Å². The normalized spacial score (nSPS) is 14.6. The third-order valence-electron chi connectivity index (χ3n) is 4.00. The number of nitrogens with zero attached hydrogens (tertiary/aromatic N) is 1. The van der Waals surface area contributed by atoms with Crippen molar-refractivity contribution in [3.8, 4) is 5.75 Å². The van der Waals surface area contributed by atoms with Gasteiger partial charge >= 0.3 is 0 Å². The van der Waals surface area contributed by atoms with E-state index in [0.717, 1.165) is 24.6 Å². The summed E-state index contributed by atoms with van der Waals surface area (Å²) in [6, 6.07) is 7.78. The van der Waals surface area contributed by atoms with Crippen LogP contribution in [0, 0.1) is 5.82 Å². The molecule has 1 heterocycles. The number of rotatable bonds is 5. The van der Waals surface area contributed by atoms with Crippen molar-refractivity contribution in [2.75, 3.05) is 23.3 Å². The van der Waals surface area contributed by atoms with E-state index in [4.69, 9.17) is 16.3 Å². The van der Waals surface area contributed by atoms with E-state index in [1.54, 1.807) is 11.0 Å². The summed E-state index contributed by atoms with van der Waals surface area (Å²) in [6.45, 7) is 0.541. The van der Waals surface area contributed by atoms with Crippen LogP contribution >= 0.6 is 11.6 Å². The van der Waals surface area contributed by atoms with Gasteiger partial charge in [0, 0.05) is 13.0 Å². The number of ether oxygens (including phenoxy) is 1. The highest BCUT2D eigenvalue weighted by atomic mass is 35.5. The number of nitrogens with one attached hydrogen (secondary N) is 1. The first-order valence-electron chi connectivity index (χ1n) is 7.78. The highest BCUT2D eigenvalue weighted by Crippen LogP contribution is 2.34. The summed E-state index contributed by atoms with van der Waals surface area (Å²) < 4.78 is 46.0. The second-order valence-electron chi connectivity index (χ2n) is 5.72. The molecule has 3 rings (SSSR count). The first-order valence-corrected chi connectivity index (χ1v) is 9.64. The molecule has 6 nitrogen and oxygen atoms in total. The van der Waals surface area contributed by atoms with Crippen LogP contribution in [0.2, 0.25) is 5.02 Å². The number of halogens is 2. The zero-order valence-corrected chi connectivity index (χ0v) is 15.4. The van der Waals surface area contributed by atoms with Crippen molar-refractivity contribution < 1.29 is 22.3 Å². The third kappa shape index (κ3) is 3.61. The average Bonchev–Trinajstić information content (AvgIpc) is 3.02. The quantitative estimate of drug-likeness (QED) is 0.837. The summed E-state index contributed by atoms with van der Waals surface area (Å²) in [4.78, 5) is 13.4. The topological polar surface area (TPSA) is 75.7 Å². The highest BCUT2D eigenvalue weighted by Gasteiger charge is 2.25. The van der Waals surface area contributed by atoms with Crippen molar-refractivity contribution in [3.05, 3.63) is 47.2 Å². The van der Waals surface area contributed by atoms with Crippen LogP contribution in [-0.4, -0.2) is 28.0 Å². The Labute approximate surface area is 155 Å². The summed E-state index contributed by atoms with van der Waals surface area (Å²) in [5, 5.41) is -0.286. The lowest BCUT2D eigenvalue weighted by atomic mass is 10.2. The number of carbonyl (C=O) groups is 1. The fraction of sp³-hybridized carbons (Fsp3) is 0.235. The fourth-order valence-electron chi connectivity index (χ4n) is 2.73. The zero-order valence-electron chi connectivity index (χ0n) is 13.8. The van der Waals surface area contributed by atoms with E-state index >= 15 is 0 Å². The van der Waals surface area contributed by atoms with Gasteiger partial charge in [-0.05, 0) is 42.8 Å². The largest absolute Gasteiger partial charge is 0.495 e. The molecule has 0 bridgehead atoms. The molecule has 0 spiro atoms. The Morgan fingerprint density at radius 3 is 2.62 bits per heavy atom. The Hall–Kier alpha value is -2.32. The molecule has 2 aromatic rings. The lowest BCUT2D eigenvalue weighted by Crippen LogP contribution is -2.24. The Morgan fingerprint density at radius 2 is 2.00 bits per heavy atom. The van der Waals surface area contributed by atoms with Crippen LogP contribution in [0.15, 0.2) is 41.3 Å². The molecule has 2 aromatic carbocycles. The first-order chi connectivity index (χ1) is 12.3. The second kappa shape index (κ2) is 7.13. The Balaban J connectivity index is 1.94. The molecule has 1 aliphatic rings. The van der Waals surface area contributed by atoms with Crippen molar-refractivity contribution in [2.24, 2.45) is 0 Å². The van der Waals surface area contributed by atoms with Gasteiger partial charge in [0.1, 0.15) is 11.6 Å². The third-order valence-corrected chi connectivity index (χ3v) is 5.67. The Bertz CT molecular complexity index is 965. The molecule has 1 amide bonds. The molecular weight excluding hydrogens is 383 g/mol. The number of anilines is 2. The predicted octanol–water partition coefficient (Wildman–Crippen LogP) is 3.42. The maximum atomic E-state index is 13.3. The van der Waals surface area contributed by atoms with Crippen LogP contribution in [0.1, 0.15) is 12.8 Å². The summed E-state index contributed by atoms with van der Waals surface area (Å²) in [5.41, 5.74) is 0.744. The molecule has 0 unspecified atom stereocenters. The molecule has 0 saturated carbocycles. The smallest absolute Gasteiger partial charge is 0.261 e. The molecule has 0 aliphatic carbocycles. The van der Waals surface area contributed by atoms with Gasteiger partial charge in [0.15, 0.2) is 0 Å². The SMILES string of the molecule is COc1ccc(NS(=O)(=O)c2ccc(F)c(Cl)c2)cc1N1CCCC1=O. The number of methoxy groups -OCH3 is 1. The lowest BCUT2D eigenvalue weighted by Gasteiger charge is -2.20. The maximum absolute atomic E-state index is 13.3. The number of hydrogen-bond donors (Lipinski definition) is 1. The van der Waals surface area contributed by atoms with Crippen molar-refractivity contribution in [2.45, 2.75) is 17.7 Å². The number of carbonyl (C=O) groups excluding carboxylic acids is 1. The molecule has 1 N–H and O–H groups in total. The summed E-state index contributed by atoms with van der Waals surface area (Å²) in [5.74, 6) is -0.286. The van der Waals surface area contributed by atoms with Gasteiger partial charge in [-0.2, -0.15) is 0 Å². The van der Waals surface area contributed by atoms with Crippen LogP contribution in [-0.2, 0) is 14.8 Å². The average molecular weight is 399 g/mol. The molecule has 1 aliphatic heterocycles. The van der Waals surface area contributed by atoms with E-state index in [1.165, 1.54) is 19.2 Å². The summed E-state index contributed by atoms with van der Waals surface area (Å²) in [6.07, 6.45) is 1.17. The summed E-state index contributed by atoms with van der Waals surface area (Å²) >= 11 is 5.66. The number of hydrogen-bond acceptors (Lipinski definition) is 4. The molecule has 9 heteroatoms.